The second kappa shape index (κ2) is 6.75. The molecule has 0 saturated carbocycles. The molecule has 0 aliphatic carbocycles. The van der Waals surface area contributed by atoms with Crippen molar-refractivity contribution in [2.24, 2.45) is 5.73 Å². The average Bonchev–Trinajstić information content (AvgIpc) is 2.98. The Labute approximate surface area is 124 Å². The molecule has 0 amide bonds. The molecule has 0 unspecified atom stereocenters. The Kier molecular flexibility index (Phi) is 5.00. The van der Waals surface area contributed by atoms with Gasteiger partial charge in [-0.1, -0.05) is 12.1 Å². The maximum Gasteiger partial charge on any atom is 0.273 e. The fourth-order valence-electron chi connectivity index (χ4n) is 1.81. The smallest absolute Gasteiger partial charge is 0.273 e. The van der Waals surface area contributed by atoms with Crippen molar-refractivity contribution in [3.05, 3.63) is 47.7 Å². The molecule has 0 saturated heterocycles. The van der Waals surface area contributed by atoms with Gasteiger partial charge < -0.3 is 14.9 Å². The molecule has 0 aliphatic heterocycles. The number of furan rings is 1. The van der Waals surface area contributed by atoms with Gasteiger partial charge in [0.1, 0.15) is 11.5 Å². The van der Waals surface area contributed by atoms with E-state index in [1.807, 2.05) is 24.3 Å². The monoisotopic (exact) mass is 310 g/mol. The van der Waals surface area contributed by atoms with Gasteiger partial charge in [0.05, 0.1) is 13.7 Å². The molecular weight excluding hydrogens is 292 g/mol. The van der Waals surface area contributed by atoms with E-state index >= 15 is 0 Å². The summed E-state index contributed by atoms with van der Waals surface area (Å²) in [4.78, 5) is 0. The molecule has 1 aromatic heterocycles. The maximum absolute atomic E-state index is 12.0. The van der Waals surface area contributed by atoms with E-state index in [2.05, 4.69) is 4.72 Å². The van der Waals surface area contributed by atoms with Crippen LogP contribution in [0.4, 0.5) is 0 Å². The minimum absolute atomic E-state index is 0.113. The summed E-state index contributed by atoms with van der Waals surface area (Å²) >= 11 is 0. The van der Waals surface area contributed by atoms with Crippen LogP contribution in [0.1, 0.15) is 11.3 Å². The summed E-state index contributed by atoms with van der Waals surface area (Å²) in [6.45, 7) is 0.453. The van der Waals surface area contributed by atoms with Gasteiger partial charge in [-0.2, -0.15) is 0 Å². The number of nitrogens with one attached hydrogen (secondary N) is 1. The van der Waals surface area contributed by atoms with Crippen molar-refractivity contribution in [1.82, 2.24) is 4.72 Å². The highest BCUT2D eigenvalue weighted by molar-refractivity contribution is 7.89. The largest absolute Gasteiger partial charge is 0.497 e. The third-order valence-corrected chi connectivity index (χ3v) is 4.30. The van der Waals surface area contributed by atoms with Crippen LogP contribution >= 0.6 is 0 Å². The number of nitrogens with two attached hydrogens (primary N) is 1. The van der Waals surface area contributed by atoms with E-state index in [4.69, 9.17) is 14.9 Å². The number of sulfonamides is 1. The summed E-state index contributed by atoms with van der Waals surface area (Å²) in [5.74, 6) is 1.20. The molecule has 0 spiro atoms. The predicted molar refractivity (Wildman–Crippen MR) is 78.5 cm³/mol. The van der Waals surface area contributed by atoms with Crippen molar-refractivity contribution in [2.75, 3.05) is 13.7 Å². The maximum atomic E-state index is 12.0. The molecule has 3 N–H and O–H groups in total. The van der Waals surface area contributed by atoms with E-state index in [1.54, 1.807) is 13.2 Å². The molecule has 1 heterocycles. The van der Waals surface area contributed by atoms with Crippen LogP contribution < -0.4 is 15.2 Å². The zero-order valence-corrected chi connectivity index (χ0v) is 12.5. The Bertz CT molecular complexity index is 677. The molecule has 0 aliphatic rings. The summed E-state index contributed by atoms with van der Waals surface area (Å²) in [7, 11) is -2.03. The molecular formula is C14H18N2O4S. The Morgan fingerprint density at radius 1 is 1.19 bits per heavy atom. The number of rotatable bonds is 7. The summed E-state index contributed by atoms with van der Waals surface area (Å²) < 4.78 is 36.7. The van der Waals surface area contributed by atoms with Crippen molar-refractivity contribution in [1.29, 1.82) is 0 Å². The molecule has 0 radical (unpaired) electrons. The molecule has 114 valence electrons. The fraction of sp³-hybridized carbons (Fsp3) is 0.286. The van der Waals surface area contributed by atoms with Gasteiger partial charge in [0.2, 0.25) is 5.09 Å². The first-order chi connectivity index (χ1) is 10.0. The average molecular weight is 310 g/mol. The van der Waals surface area contributed by atoms with Crippen LogP contribution in [0.25, 0.3) is 0 Å². The zero-order valence-electron chi connectivity index (χ0n) is 11.7. The number of benzene rings is 1. The van der Waals surface area contributed by atoms with Crippen LogP contribution in [-0.4, -0.2) is 22.1 Å². The van der Waals surface area contributed by atoms with Crippen molar-refractivity contribution in [3.8, 4) is 5.75 Å². The summed E-state index contributed by atoms with van der Waals surface area (Å²) in [5.41, 5.74) is 6.40. The minimum Gasteiger partial charge on any atom is -0.497 e. The van der Waals surface area contributed by atoms with Gasteiger partial charge in [0, 0.05) is 6.54 Å². The molecule has 0 fully saturated rings. The highest BCUT2D eigenvalue weighted by atomic mass is 32.2. The summed E-state index contributed by atoms with van der Waals surface area (Å²) in [5, 5.41) is -0.113. The van der Waals surface area contributed by atoms with Gasteiger partial charge in [0.15, 0.2) is 0 Å². The number of hydrogen-bond acceptors (Lipinski definition) is 5. The van der Waals surface area contributed by atoms with Crippen LogP contribution in [-0.2, 0) is 23.0 Å². The zero-order chi connectivity index (χ0) is 15.3. The summed E-state index contributed by atoms with van der Waals surface area (Å²) in [6, 6.07) is 10.4. The molecule has 0 atom stereocenters. The van der Waals surface area contributed by atoms with Crippen LogP contribution in [0, 0.1) is 0 Å². The lowest BCUT2D eigenvalue weighted by Gasteiger charge is -2.05. The lowest BCUT2D eigenvalue weighted by molar-refractivity contribution is 0.413. The van der Waals surface area contributed by atoms with Crippen LogP contribution in [0.3, 0.4) is 0 Å². The highest BCUT2D eigenvalue weighted by Crippen LogP contribution is 2.14. The Hall–Kier alpha value is -1.83. The van der Waals surface area contributed by atoms with Gasteiger partial charge >= 0.3 is 0 Å². The van der Waals surface area contributed by atoms with Crippen molar-refractivity contribution in [3.63, 3.8) is 0 Å². The van der Waals surface area contributed by atoms with Gasteiger partial charge in [-0.05, 0) is 36.2 Å². The Balaban J connectivity index is 1.92. The van der Waals surface area contributed by atoms with Crippen LogP contribution in [0.5, 0.6) is 5.75 Å². The predicted octanol–water partition coefficient (Wildman–Crippen LogP) is 1.27. The first kappa shape index (κ1) is 15.6. The molecule has 2 aromatic rings. The molecule has 2 rings (SSSR count). The SMILES string of the molecule is COc1ccc(CCNS(=O)(=O)c2ccc(CN)o2)cc1. The van der Waals surface area contributed by atoms with Gasteiger partial charge in [-0.15, -0.1) is 0 Å². The van der Waals surface area contributed by atoms with E-state index in [1.165, 1.54) is 6.07 Å². The van der Waals surface area contributed by atoms with Crippen LogP contribution in [0.2, 0.25) is 0 Å². The van der Waals surface area contributed by atoms with Gasteiger partial charge in [0.25, 0.3) is 10.0 Å². The van der Waals surface area contributed by atoms with E-state index in [-0.39, 0.29) is 18.2 Å². The topological polar surface area (TPSA) is 94.6 Å². The molecule has 0 bridgehead atoms. The van der Waals surface area contributed by atoms with Crippen LogP contribution in [0.15, 0.2) is 45.9 Å². The minimum atomic E-state index is -3.63. The lowest BCUT2D eigenvalue weighted by Crippen LogP contribution is -2.25. The van der Waals surface area contributed by atoms with Crippen molar-refractivity contribution in [2.45, 2.75) is 18.1 Å². The standard InChI is InChI=1S/C14H18N2O4S/c1-19-12-4-2-11(3-5-12)8-9-16-21(17,18)14-7-6-13(10-15)20-14/h2-7,16H,8-10,15H2,1H3. The lowest BCUT2D eigenvalue weighted by atomic mass is 10.1. The fourth-order valence-corrected chi connectivity index (χ4v) is 2.78. The molecule has 21 heavy (non-hydrogen) atoms. The number of methoxy groups -OCH3 is 1. The molecule has 1 aromatic carbocycles. The first-order valence-electron chi connectivity index (χ1n) is 6.46. The van der Waals surface area contributed by atoms with Crippen molar-refractivity contribution >= 4 is 10.0 Å². The van der Waals surface area contributed by atoms with Gasteiger partial charge in [-0.25, -0.2) is 13.1 Å². The third-order valence-electron chi connectivity index (χ3n) is 2.97. The number of ether oxygens (including phenoxy) is 1. The summed E-state index contributed by atoms with van der Waals surface area (Å²) in [6.07, 6.45) is 0.577. The van der Waals surface area contributed by atoms with E-state index in [9.17, 15) is 8.42 Å². The second-order valence-electron chi connectivity index (χ2n) is 4.42. The molecule has 6 nitrogen and oxygen atoms in total. The quantitative estimate of drug-likeness (QED) is 0.803. The molecule has 7 heteroatoms. The van der Waals surface area contributed by atoms with E-state index in [0.29, 0.717) is 12.2 Å². The Morgan fingerprint density at radius 2 is 1.90 bits per heavy atom. The third kappa shape index (κ3) is 4.07. The highest BCUT2D eigenvalue weighted by Gasteiger charge is 2.17. The normalized spacial score (nSPS) is 11.5. The van der Waals surface area contributed by atoms with Gasteiger partial charge in [-0.3, -0.25) is 0 Å². The number of hydrogen-bond donors (Lipinski definition) is 2. The first-order valence-corrected chi connectivity index (χ1v) is 7.95. The van der Waals surface area contributed by atoms with E-state index in [0.717, 1.165) is 11.3 Å². The van der Waals surface area contributed by atoms with Crippen molar-refractivity contribution < 1.29 is 17.6 Å². The second-order valence-corrected chi connectivity index (χ2v) is 6.12. The van der Waals surface area contributed by atoms with E-state index < -0.39 is 10.0 Å². The Morgan fingerprint density at radius 3 is 2.48 bits per heavy atom.